The molecule has 1 aromatic rings. The molecule has 4 heteroatoms. The molecular formula is C15H22N2O2. The lowest BCUT2D eigenvalue weighted by atomic mass is 10.00. The van der Waals surface area contributed by atoms with Gasteiger partial charge in [-0.1, -0.05) is 17.7 Å². The van der Waals surface area contributed by atoms with Gasteiger partial charge >= 0.3 is 0 Å². The lowest BCUT2D eigenvalue weighted by molar-refractivity contribution is -0.123. The van der Waals surface area contributed by atoms with Gasteiger partial charge in [-0.2, -0.15) is 0 Å². The first-order chi connectivity index (χ1) is 8.97. The van der Waals surface area contributed by atoms with Crippen LogP contribution in [0.1, 0.15) is 28.7 Å². The molecule has 1 aliphatic heterocycles. The van der Waals surface area contributed by atoms with Gasteiger partial charge in [-0.25, -0.2) is 0 Å². The lowest BCUT2D eigenvalue weighted by Crippen LogP contribution is -2.40. The number of hydrogen-bond donors (Lipinski definition) is 3. The fourth-order valence-corrected chi connectivity index (χ4v) is 2.70. The van der Waals surface area contributed by atoms with E-state index in [1.807, 2.05) is 0 Å². The van der Waals surface area contributed by atoms with Gasteiger partial charge in [-0.3, -0.25) is 4.79 Å². The van der Waals surface area contributed by atoms with Crippen molar-refractivity contribution in [2.24, 2.45) is 0 Å². The molecule has 1 aliphatic rings. The quantitative estimate of drug-likeness (QED) is 0.760. The van der Waals surface area contributed by atoms with Crippen LogP contribution in [0.4, 0.5) is 0 Å². The van der Waals surface area contributed by atoms with Crippen LogP contribution in [0.5, 0.6) is 0 Å². The summed E-state index contributed by atoms with van der Waals surface area (Å²) in [6.07, 6.45) is 0.0936. The molecule has 0 radical (unpaired) electrons. The van der Waals surface area contributed by atoms with Crippen LogP contribution < -0.4 is 10.6 Å². The summed E-state index contributed by atoms with van der Waals surface area (Å²) in [5, 5.41) is 15.4. The normalized spacial score (nSPS) is 22.5. The molecule has 0 saturated carbocycles. The summed E-state index contributed by atoms with van der Waals surface area (Å²) >= 11 is 0. The predicted octanol–water partition coefficient (Wildman–Crippen LogP) is 0.951. The molecule has 0 aromatic heterocycles. The van der Waals surface area contributed by atoms with Gasteiger partial charge in [0.15, 0.2) is 0 Å². The summed E-state index contributed by atoms with van der Waals surface area (Å²) in [4.78, 5) is 12.0. The van der Waals surface area contributed by atoms with Crippen molar-refractivity contribution in [3.05, 3.63) is 34.4 Å². The summed E-state index contributed by atoms with van der Waals surface area (Å²) in [7, 11) is 0. The third kappa shape index (κ3) is 3.33. The Morgan fingerprint density at radius 2 is 2.00 bits per heavy atom. The number of hydrogen-bond acceptors (Lipinski definition) is 3. The number of β-amino-alcohol motifs (C(OH)–C–C–N with tert-alkyl or cyclic N) is 1. The lowest BCUT2D eigenvalue weighted by Gasteiger charge is -2.15. The smallest absolute Gasteiger partial charge is 0.237 e. The van der Waals surface area contributed by atoms with Crippen molar-refractivity contribution < 1.29 is 9.90 Å². The molecule has 0 aliphatic carbocycles. The Labute approximate surface area is 114 Å². The number of nitrogens with one attached hydrogen (secondary N) is 2. The Bertz CT molecular complexity index is 462. The van der Waals surface area contributed by atoms with Crippen molar-refractivity contribution in [1.29, 1.82) is 0 Å². The van der Waals surface area contributed by atoms with Crippen molar-refractivity contribution in [2.75, 3.05) is 6.54 Å². The van der Waals surface area contributed by atoms with E-state index < -0.39 is 6.10 Å². The molecule has 0 bridgehead atoms. The average Bonchev–Trinajstić information content (AvgIpc) is 2.74. The van der Waals surface area contributed by atoms with Crippen LogP contribution >= 0.6 is 0 Å². The molecule has 2 rings (SSSR count). The molecule has 19 heavy (non-hydrogen) atoms. The van der Waals surface area contributed by atoms with Crippen LogP contribution in [0, 0.1) is 20.8 Å². The molecule has 1 saturated heterocycles. The Hall–Kier alpha value is -1.39. The van der Waals surface area contributed by atoms with E-state index in [2.05, 4.69) is 43.5 Å². The fraction of sp³-hybridized carbons (Fsp3) is 0.533. The highest BCUT2D eigenvalue weighted by Gasteiger charge is 2.27. The van der Waals surface area contributed by atoms with Gasteiger partial charge in [-0.15, -0.1) is 0 Å². The molecule has 1 fully saturated rings. The van der Waals surface area contributed by atoms with Crippen molar-refractivity contribution in [3.63, 3.8) is 0 Å². The topological polar surface area (TPSA) is 61.4 Å². The van der Waals surface area contributed by atoms with Crippen molar-refractivity contribution in [2.45, 2.75) is 45.9 Å². The van der Waals surface area contributed by atoms with E-state index in [4.69, 9.17) is 0 Å². The number of benzene rings is 1. The number of rotatable bonds is 3. The maximum atomic E-state index is 12.0. The highest BCUT2D eigenvalue weighted by Crippen LogP contribution is 2.16. The van der Waals surface area contributed by atoms with E-state index in [9.17, 15) is 9.90 Å². The maximum Gasteiger partial charge on any atom is 0.237 e. The van der Waals surface area contributed by atoms with Crippen LogP contribution in [0.2, 0.25) is 0 Å². The maximum absolute atomic E-state index is 12.0. The van der Waals surface area contributed by atoms with Crippen LogP contribution in [-0.2, 0) is 11.3 Å². The van der Waals surface area contributed by atoms with Gasteiger partial charge < -0.3 is 15.7 Å². The number of aliphatic hydroxyl groups excluding tert-OH is 1. The molecule has 1 amide bonds. The Kier molecular flexibility index (Phi) is 4.22. The Balaban J connectivity index is 1.97. The predicted molar refractivity (Wildman–Crippen MR) is 74.9 cm³/mol. The van der Waals surface area contributed by atoms with Crippen LogP contribution in [0.3, 0.4) is 0 Å². The third-order valence-corrected chi connectivity index (χ3v) is 3.70. The molecule has 1 heterocycles. The SMILES string of the molecule is Cc1cc(C)c(CNC(=O)C2CC(O)CN2)c(C)c1. The largest absolute Gasteiger partial charge is 0.392 e. The number of aliphatic hydroxyl groups is 1. The average molecular weight is 262 g/mol. The van der Waals surface area contributed by atoms with Crippen molar-refractivity contribution in [1.82, 2.24) is 10.6 Å². The molecule has 0 spiro atoms. The van der Waals surface area contributed by atoms with E-state index in [-0.39, 0.29) is 11.9 Å². The standard InChI is InChI=1S/C15H22N2O2/c1-9-4-10(2)13(11(3)5-9)8-17-15(19)14-6-12(18)7-16-14/h4-5,12,14,16,18H,6-8H2,1-3H3,(H,17,19). The van der Waals surface area contributed by atoms with Gasteiger partial charge in [-0.05, 0) is 43.9 Å². The van der Waals surface area contributed by atoms with Crippen LogP contribution in [0.25, 0.3) is 0 Å². The van der Waals surface area contributed by atoms with Gasteiger partial charge in [0.1, 0.15) is 0 Å². The summed E-state index contributed by atoms with van der Waals surface area (Å²) in [5.41, 5.74) is 4.83. The third-order valence-electron chi connectivity index (χ3n) is 3.70. The van der Waals surface area contributed by atoms with Crippen molar-refractivity contribution in [3.8, 4) is 0 Å². The van der Waals surface area contributed by atoms with E-state index in [1.54, 1.807) is 0 Å². The number of aryl methyl sites for hydroxylation is 3. The van der Waals surface area contributed by atoms with Gasteiger partial charge in [0.05, 0.1) is 12.1 Å². The van der Waals surface area contributed by atoms with E-state index in [0.717, 1.165) is 0 Å². The van der Waals surface area contributed by atoms with Gasteiger partial charge in [0.25, 0.3) is 0 Å². The molecule has 3 N–H and O–H groups in total. The Morgan fingerprint density at radius 3 is 2.53 bits per heavy atom. The first-order valence-electron chi connectivity index (χ1n) is 6.73. The summed E-state index contributed by atoms with van der Waals surface area (Å²) < 4.78 is 0. The molecule has 104 valence electrons. The van der Waals surface area contributed by atoms with E-state index in [0.29, 0.717) is 19.5 Å². The first kappa shape index (κ1) is 14.0. The van der Waals surface area contributed by atoms with E-state index >= 15 is 0 Å². The highest BCUT2D eigenvalue weighted by molar-refractivity contribution is 5.82. The first-order valence-corrected chi connectivity index (χ1v) is 6.73. The van der Waals surface area contributed by atoms with Crippen molar-refractivity contribution >= 4 is 5.91 Å². The zero-order valence-electron chi connectivity index (χ0n) is 11.8. The second kappa shape index (κ2) is 5.72. The molecular weight excluding hydrogens is 240 g/mol. The monoisotopic (exact) mass is 262 g/mol. The fourth-order valence-electron chi connectivity index (χ4n) is 2.70. The number of amides is 1. The molecule has 2 unspecified atom stereocenters. The number of carbonyl (C=O) groups excluding carboxylic acids is 1. The van der Waals surface area contributed by atoms with Gasteiger partial charge in [0, 0.05) is 13.1 Å². The van der Waals surface area contributed by atoms with Crippen LogP contribution in [-0.4, -0.2) is 29.7 Å². The second-order valence-electron chi connectivity index (χ2n) is 5.45. The summed E-state index contributed by atoms with van der Waals surface area (Å²) in [5.74, 6) is -0.0316. The van der Waals surface area contributed by atoms with E-state index in [1.165, 1.54) is 22.3 Å². The van der Waals surface area contributed by atoms with Crippen LogP contribution in [0.15, 0.2) is 12.1 Å². The zero-order chi connectivity index (χ0) is 14.0. The van der Waals surface area contributed by atoms with Gasteiger partial charge in [0.2, 0.25) is 5.91 Å². The second-order valence-corrected chi connectivity index (χ2v) is 5.45. The minimum Gasteiger partial charge on any atom is -0.392 e. The highest BCUT2D eigenvalue weighted by atomic mass is 16.3. The minimum atomic E-state index is -0.404. The number of carbonyl (C=O) groups is 1. The minimum absolute atomic E-state index is 0.0316. The molecule has 1 aromatic carbocycles. The zero-order valence-corrected chi connectivity index (χ0v) is 11.8. The Morgan fingerprint density at radius 1 is 1.37 bits per heavy atom. The molecule has 2 atom stereocenters. The molecule has 4 nitrogen and oxygen atoms in total. The summed E-state index contributed by atoms with van der Waals surface area (Å²) in [6, 6.07) is 4.00. The summed E-state index contributed by atoms with van der Waals surface area (Å²) in [6.45, 7) is 7.26.